The molecule has 24 heavy (non-hydrogen) atoms. The lowest BCUT2D eigenvalue weighted by Crippen LogP contribution is -2.17. The number of hydrogen-bond donors (Lipinski definition) is 0. The smallest absolute Gasteiger partial charge is 0.113 e. The lowest BCUT2D eigenvalue weighted by atomic mass is 10.0. The summed E-state index contributed by atoms with van der Waals surface area (Å²) in [6.45, 7) is 3.11. The van der Waals surface area contributed by atoms with Gasteiger partial charge in [-0.2, -0.15) is 11.8 Å². The van der Waals surface area contributed by atoms with Crippen LogP contribution in [0.5, 0.6) is 0 Å². The van der Waals surface area contributed by atoms with Gasteiger partial charge in [-0.3, -0.25) is 4.68 Å². The molecule has 1 aromatic heterocycles. The van der Waals surface area contributed by atoms with Gasteiger partial charge in [0.1, 0.15) is 5.69 Å². The Morgan fingerprint density at radius 3 is 2.92 bits per heavy atom. The molecule has 2 heterocycles. The summed E-state index contributed by atoms with van der Waals surface area (Å²) in [4.78, 5) is 0. The van der Waals surface area contributed by atoms with Crippen molar-refractivity contribution >= 4 is 11.8 Å². The molecule has 124 valence electrons. The summed E-state index contributed by atoms with van der Waals surface area (Å²) in [5.41, 5.74) is 4.45. The molecule has 1 aliphatic carbocycles. The summed E-state index contributed by atoms with van der Waals surface area (Å²) in [5.74, 6) is 8.54. The van der Waals surface area contributed by atoms with E-state index in [-0.39, 0.29) is 0 Å². The van der Waals surface area contributed by atoms with Gasteiger partial charge in [-0.25, -0.2) is 0 Å². The predicted octanol–water partition coefficient (Wildman–Crippen LogP) is 4.30. The summed E-state index contributed by atoms with van der Waals surface area (Å²) in [5, 5.41) is 9.43. The molecule has 1 aromatic carbocycles. The quantitative estimate of drug-likeness (QED) is 0.782. The van der Waals surface area contributed by atoms with Crippen molar-refractivity contribution in [2.24, 2.45) is 5.92 Å². The number of rotatable bonds is 3. The van der Waals surface area contributed by atoms with E-state index in [0.29, 0.717) is 11.2 Å². The van der Waals surface area contributed by atoms with E-state index in [1.807, 2.05) is 4.68 Å². The van der Waals surface area contributed by atoms with Crippen molar-refractivity contribution < 1.29 is 0 Å². The van der Waals surface area contributed by atoms with Crippen LogP contribution < -0.4 is 0 Å². The topological polar surface area (TPSA) is 30.7 Å². The van der Waals surface area contributed by atoms with Crippen LogP contribution in [0.3, 0.4) is 0 Å². The van der Waals surface area contributed by atoms with Crippen LogP contribution in [-0.2, 0) is 6.54 Å². The van der Waals surface area contributed by atoms with Gasteiger partial charge in [0.2, 0.25) is 0 Å². The highest BCUT2D eigenvalue weighted by Gasteiger charge is 2.18. The van der Waals surface area contributed by atoms with E-state index in [1.165, 1.54) is 43.4 Å². The lowest BCUT2D eigenvalue weighted by Gasteiger charge is -2.20. The Kier molecular flexibility index (Phi) is 4.62. The standard InChI is InChI=1S/C20H23N3S/c1-15-12-17(8-7-16-5-6-16)9-10-19(15)20-14-23(22-21-20)13-18-4-2-3-11-24-18/h9-10,12,14,16,18H,2-6,11,13H2,1H3/t18-/m1/s1. The van der Waals surface area contributed by atoms with Crippen LogP contribution in [0.4, 0.5) is 0 Å². The van der Waals surface area contributed by atoms with Gasteiger partial charge in [-0.05, 0) is 56.1 Å². The maximum absolute atomic E-state index is 4.39. The maximum atomic E-state index is 4.39. The summed E-state index contributed by atoms with van der Waals surface area (Å²) in [6, 6.07) is 6.41. The third-order valence-electron chi connectivity index (χ3n) is 4.70. The fourth-order valence-electron chi connectivity index (χ4n) is 3.11. The molecule has 0 spiro atoms. The Labute approximate surface area is 148 Å². The first-order valence-corrected chi connectivity index (χ1v) is 9.97. The number of hydrogen-bond acceptors (Lipinski definition) is 3. The van der Waals surface area contributed by atoms with E-state index in [1.54, 1.807) is 0 Å². The lowest BCUT2D eigenvalue weighted by molar-refractivity contribution is 0.530. The van der Waals surface area contributed by atoms with Gasteiger partial charge in [-0.1, -0.05) is 29.5 Å². The van der Waals surface area contributed by atoms with Gasteiger partial charge in [0.25, 0.3) is 0 Å². The Hall–Kier alpha value is -1.73. The van der Waals surface area contributed by atoms with E-state index in [0.717, 1.165) is 23.4 Å². The molecule has 4 heteroatoms. The minimum Gasteiger partial charge on any atom is -0.251 e. The number of benzene rings is 1. The highest BCUT2D eigenvalue weighted by atomic mass is 32.2. The third-order valence-corrected chi connectivity index (χ3v) is 6.08. The molecule has 3 nitrogen and oxygen atoms in total. The first-order valence-electron chi connectivity index (χ1n) is 8.92. The minimum absolute atomic E-state index is 0.641. The van der Waals surface area contributed by atoms with E-state index in [9.17, 15) is 0 Å². The van der Waals surface area contributed by atoms with Crippen molar-refractivity contribution in [3.05, 3.63) is 35.5 Å². The summed E-state index contributed by atoms with van der Waals surface area (Å²) >= 11 is 2.08. The molecular weight excluding hydrogens is 314 g/mol. The molecule has 0 unspecified atom stereocenters. The van der Waals surface area contributed by atoms with Crippen LogP contribution in [0.25, 0.3) is 11.3 Å². The zero-order valence-corrected chi connectivity index (χ0v) is 15.0. The second-order valence-corrected chi connectivity index (χ2v) is 8.30. The molecule has 2 fully saturated rings. The normalized spacial score (nSPS) is 20.5. The molecular formula is C20H23N3S. The SMILES string of the molecule is Cc1cc(C#CC2CC2)ccc1-c1cn(C[C@H]2CCCCS2)nn1. The highest BCUT2D eigenvalue weighted by Crippen LogP contribution is 2.28. The Balaban J connectivity index is 1.48. The Morgan fingerprint density at radius 2 is 2.17 bits per heavy atom. The van der Waals surface area contributed by atoms with Crippen LogP contribution in [0.15, 0.2) is 24.4 Å². The first kappa shape index (κ1) is 15.8. The van der Waals surface area contributed by atoms with Crippen molar-refractivity contribution in [1.29, 1.82) is 0 Å². The largest absolute Gasteiger partial charge is 0.251 e. The minimum atomic E-state index is 0.641. The Bertz CT molecular complexity index is 774. The fourth-order valence-corrected chi connectivity index (χ4v) is 4.41. The van der Waals surface area contributed by atoms with E-state index < -0.39 is 0 Å². The second-order valence-electron chi connectivity index (χ2n) is 6.89. The number of thioether (sulfide) groups is 1. The van der Waals surface area contributed by atoms with Gasteiger partial charge in [-0.15, -0.1) is 5.10 Å². The van der Waals surface area contributed by atoms with Gasteiger partial charge in [0.05, 0.1) is 12.7 Å². The summed E-state index contributed by atoms with van der Waals surface area (Å²) in [7, 11) is 0. The van der Waals surface area contributed by atoms with E-state index in [2.05, 4.69) is 65.2 Å². The highest BCUT2D eigenvalue weighted by molar-refractivity contribution is 7.99. The molecule has 0 amide bonds. The van der Waals surface area contributed by atoms with Crippen molar-refractivity contribution in [1.82, 2.24) is 15.0 Å². The van der Waals surface area contributed by atoms with Gasteiger partial charge in [0.15, 0.2) is 0 Å². The number of aryl methyl sites for hydroxylation is 1. The van der Waals surface area contributed by atoms with Crippen molar-refractivity contribution in [2.75, 3.05) is 5.75 Å². The zero-order valence-electron chi connectivity index (χ0n) is 14.2. The Morgan fingerprint density at radius 1 is 1.25 bits per heavy atom. The molecule has 1 saturated carbocycles. The fraction of sp³-hybridized carbons (Fsp3) is 0.500. The average Bonchev–Trinajstić information content (AvgIpc) is 3.32. The molecule has 1 aliphatic heterocycles. The molecule has 1 saturated heterocycles. The van der Waals surface area contributed by atoms with Crippen LogP contribution in [0.2, 0.25) is 0 Å². The summed E-state index contributed by atoms with van der Waals surface area (Å²) in [6.07, 6.45) is 8.64. The molecule has 0 bridgehead atoms. The van der Waals surface area contributed by atoms with Gasteiger partial charge < -0.3 is 0 Å². The maximum Gasteiger partial charge on any atom is 0.113 e. The van der Waals surface area contributed by atoms with Crippen molar-refractivity contribution in [3.8, 4) is 23.1 Å². The van der Waals surface area contributed by atoms with Crippen LogP contribution >= 0.6 is 11.8 Å². The predicted molar refractivity (Wildman–Crippen MR) is 99.9 cm³/mol. The van der Waals surface area contributed by atoms with Crippen molar-refractivity contribution in [2.45, 2.75) is 50.8 Å². The van der Waals surface area contributed by atoms with E-state index in [4.69, 9.17) is 0 Å². The second kappa shape index (κ2) is 7.03. The number of aromatic nitrogens is 3. The van der Waals surface area contributed by atoms with E-state index >= 15 is 0 Å². The first-order chi connectivity index (χ1) is 11.8. The van der Waals surface area contributed by atoms with Crippen LogP contribution in [0, 0.1) is 24.7 Å². The average molecular weight is 337 g/mol. The molecule has 2 aromatic rings. The monoisotopic (exact) mass is 337 g/mol. The molecule has 2 aliphatic rings. The van der Waals surface area contributed by atoms with Gasteiger partial charge in [0, 0.05) is 22.3 Å². The molecule has 0 N–H and O–H groups in total. The van der Waals surface area contributed by atoms with Crippen molar-refractivity contribution in [3.63, 3.8) is 0 Å². The number of nitrogens with zero attached hydrogens (tertiary/aromatic N) is 3. The molecule has 4 rings (SSSR count). The van der Waals surface area contributed by atoms with Crippen LogP contribution in [0.1, 0.15) is 43.2 Å². The summed E-state index contributed by atoms with van der Waals surface area (Å²) < 4.78 is 2.01. The van der Waals surface area contributed by atoms with Gasteiger partial charge >= 0.3 is 0 Å². The van der Waals surface area contributed by atoms with Crippen LogP contribution in [-0.4, -0.2) is 26.0 Å². The molecule has 1 atom stereocenters. The zero-order chi connectivity index (χ0) is 16.4. The molecule has 0 radical (unpaired) electrons. The third kappa shape index (κ3) is 3.84.